The summed E-state index contributed by atoms with van der Waals surface area (Å²) in [5, 5.41) is 4.98. The van der Waals surface area contributed by atoms with Crippen molar-refractivity contribution in [3.63, 3.8) is 0 Å². The van der Waals surface area contributed by atoms with Crippen LogP contribution >= 0.6 is 11.3 Å². The molecule has 1 aromatic heterocycles. The molecule has 3 nitrogen and oxygen atoms in total. The zero-order chi connectivity index (χ0) is 9.03. The summed E-state index contributed by atoms with van der Waals surface area (Å²) in [4.78, 5) is 0. The zero-order valence-corrected chi connectivity index (χ0v) is 9.18. The van der Waals surface area contributed by atoms with Crippen LogP contribution < -0.4 is 5.19 Å². The molecule has 5 heteroatoms. The number of rotatable bonds is 4. The van der Waals surface area contributed by atoms with Gasteiger partial charge < -0.3 is 13.3 Å². The summed E-state index contributed by atoms with van der Waals surface area (Å²) in [5.41, 5.74) is 0. The Balaban J connectivity index is 2.93. The van der Waals surface area contributed by atoms with Crippen LogP contribution in [0.15, 0.2) is 16.8 Å². The van der Waals surface area contributed by atoms with Gasteiger partial charge in [-0.3, -0.25) is 0 Å². The lowest BCUT2D eigenvalue weighted by atomic mass is 10.7. The summed E-state index contributed by atoms with van der Waals surface area (Å²) in [6, 6.07) is 1.97. The van der Waals surface area contributed by atoms with Crippen LogP contribution in [-0.4, -0.2) is 30.1 Å². The van der Waals surface area contributed by atoms with E-state index in [-0.39, 0.29) is 0 Å². The minimum absolute atomic E-state index is 1.01. The Bertz CT molecular complexity index is 212. The molecule has 0 N–H and O–H groups in total. The molecule has 0 fully saturated rings. The predicted molar refractivity (Wildman–Crippen MR) is 50.7 cm³/mol. The van der Waals surface area contributed by atoms with Gasteiger partial charge in [0, 0.05) is 26.5 Å². The lowest BCUT2D eigenvalue weighted by Crippen LogP contribution is -2.53. The van der Waals surface area contributed by atoms with Gasteiger partial charge in [-0.2, -0.15) is 11.3 Å². The SMILES string of the molecule is CO[Si](OC)(OC)c1ccsc1. The van der Waals surface area contributed by atoms with Gasteiger partial charge in [0.15, 0.2) is 0 Å². The van der Waals surface area contributed by atoms with Gasteiger partial charge in [-0.1, -0.05) is 0 Å². The van der Waals surface area contributed by atoms with Crippen molar-refractivity contribution in [2.24, 2.45) is 0 Å². The molecule has 0 aliphatic carbocycles. The smallest absolute Gasteiger partial charge is 0.373 e. The van der Waals surface area contributed by atoms with Crippen molar-refractivity contribution >= 4 is 25.3 Å². The van der Waals surface area contributed by atoms with Crippen LogP contribution in [0.2, 0.25) is 0 Å². The van der Waals surface area contributed by atoms with Crippen LogP contribution in [-0.2, 0) is 13.3 Å². The van der Waals surface area contributed by atoms with Gasteiger partial charge in [-0.15, -0.1) is 0 Å². The molecule has 1 aromatic rings. The molecule has 12 heavy (non-hydrogen) atoms. The first kappa shape index (κ1) is 9.88. The van der Waals surface area contributed by atoms with Gasteiger partial charge in [-0.25, -0.2) is 0 Å². The molecule has 1 rings (SSSR count). The number of hydrogen-bond donors (Lipinski definition) is 0. The van der Waals surface area contributed by atoms with E-state index in [4.69, 9.17) is 13.3 Å². The Labute approximate surface area is 77.3 Å². The topological polar surface area (TPSA) is 27.7 Å². The van der Waals surface area contributed by atoms with E-state index in [0.29, 0.717) is 0 Å². The van der Waals surface area contributed by atoms with Gasteiger partial charge in [-0.05, 0) is 16.8 Å². The standard InChI is InChI=1S/C7H12O3SSi/c1-8-12(9-2,10-3)7-4-5-11-6-7/h4-6H,1-3H3. The molecule has 0 saturated heterocycles. The van der Waals surface area contributed by atoms with E-state index in [0.717, 1.165) is 5.19 Å². The van der Waals surface area contributed by atoms with Gasteiger partial charge in [0.2, 0.25) is 0 Å². The highest BCUT2D eigenvalue weighted by Gasteiger charge is 2.40. The lowest BCUT2D eigenvalue weighted by molar-refractivity contribution is 0.140. The molecule has 68 valence electrons. The van der Waals surface area contributed by atoms with Crippen molar-refractivity contribution in [2.75, 3.05) is 21.3 Å². The van der Waals surface area contributed by atoms with E-state index >= 15 is 0 Å². The highest BCUT2D eigenvalue weighted by molar-refractivity contribution is 7.09. The second-order valence-corrected chi connectivity index (χ2v) is 5.88. The fourth-order valence-corrected chi connectivity index (χ4v) is 3.97. The summed E-state index contributed by atoms with van der Waals surface area (Å²) in [7, 11) is 2.29. The Morgan fingerprint density at radius 1 is 1.17 bits per heavy atom. The van der Waals surface area contributed by atoms with Crippen molar-refractivity contribution < 1.29 is 13.3 Å². The second-order valence-electron chi connectivity index (χ2n) is 2.18. The molecule has 0 aliphatic heterocycles. The lowest BCUT2D eigenvalue weighted by Gasteiger charge is -2.22. The molecule has 0 aromatic carbocycles. The predicted octanol–water partition coefficient (Wildman–Crippen LogP) is 0.833. The van der Waals surface area contributed by atoms with E-state index in [2.05, 4.69) is 0 Å². The molecule has 0 bridgehead atoms. The van der Waals surface area contributed by atoms with E-state index in [1.54, 1.807) is 32.7 Å². The van der Waals surface area contributed by atoms with Crippen molar-refractivity contribution in [1.29, 1.82) is 0 Å². The largest absolute Gasteiger partial charge is 0.537 e. The van der Waals surface area contributed by atoms with E-state index in [1.165, 1.54) is 0 Å². The monoisotopic (exact) mass is 204 g/mol. The van der Waals surface area contributed by atoms with Gasteiger partial charge in [0.05, 0.1) is 0 Å². The molecule has 0 atom stereocenters. The molecule has 0 unspecified atom stereocenters. The third-order valence-corrected chi connectivity index (χ3v) is 5.20. The third kappa shape index (κ3) is 1.60. The van der Waals surface area contributed by atoms with Crippen LogP contribution in [0.4, 0.5) is 0 Å². The summed E-state index contributed by atoms with van der Waals surface area (Å²) in [5.74, 6) is 0. The summed E-state index contributed by atoms with van der Waals surface area (Å²) >= 11 is 1.61. The second kappa shape index (κ2) is 4.15. The van der Waals surface area contributed by atoms with E-state index in [9.17, 15) is 0 Å². The van der Waals surface area contributed by atoms with Gasteiger partial charge >= 0.3 is 8.80 Å². The van der Waals surface area contributed by atoms with Gasteiger partial charge in [0.1, 0.15) is 0 Å². The molecular formula is C7H12O3SSi. The highest BCUT2D eigenvalue weighted by Crippen LogP contribution is 2.08. The zero-order valence-electron chi connectivity index (χ0n) is 7.37. The normalized spacial score (nSPS) is 11.9. The quantitative estimate of drug-likeness (QED) is 0.680. The maximum absolute atomic E-state index is 5.28. The van der Waals surface area contributed by atoms with Crippen LogP contribution in [0.1, 0.15) is 0 Å². The van der Waals surface area contributed by atoms with Crippen LogP contribution in [0.3, 0.4) is 0 Å². The van der Waals surface area contributed by atoms with Gasteiger partial charge in [0.25, 0.3) is 0 Å². The van der Waals surface area contributed by atoms with Crippen molar-refractivity contribution in [3.05, 3.63) is 16.8 Å². The Hall–Kier alpha value is -0.203. The fourth-order valence-electron chi connectivity index (χ4n) is 1.04. The first-order valence-corrected chi connectivity index (χ1v) is 6.14. The first-order chi connectivity index (χ1) is 5.79. The minimum Gasteiger partial charge on any atom is -0.373 e. The minimum atomic E-state index is -2.53. The summed E-state index contributed by atoms with van der Waals surface area (Å²) < 4.78 is 15.8. The van der Waals surface area contributed by atoms with Crippen molar-refractivity contribution in [2.45, 2.75) is 0 Å². The third-order valence-electron chi connectivity index (χ3n) is 1.68. The summed E-state index contributed by atoms with van der Waals surface area (Å²) in [6.45, 7) is 0. The Morgan fingerprint density at radius 3 is 2.08 bits per heavy atom. The van der Waals surface area contributed by atoms with Crippen LogP contribution in [0.25, 0.3) is 0 Å². The Morgan fingerprint density at radius 2 is 1.75 bits per heavy atom. The fraction of sp³-hybridized carbons (Fsp3) is 0.429. The number of hydrogen-bond acceptors (Lipinski definition) is 4. The van der Waals surface area contributed by atoms with Crippen molar-refractivity contribution in [3.8, 4) is 0 Å². The molecule has 0 radical (unpaired) electrons. The molecule has 0 amide bonds. The molecule has 0 spiro atoms. The average molecular weight is 204 g/mol. The van der Waals surface area contributed by atoms with Crippen LogP contribution in [0, 0.1) is 0 Å². The maximum atomic E-state index is 5.28. The van der Waals surface area contributed by atoms with E-state index in [1.807, 2.05) is 16.8 Å². The molecule has 1 heterocycles. The number of thiophene rings is 1. The summed E-state index contributed by atoms with van der Waals surface area (Å²) in [6.07, 6.45) is 0. The molecular weight excluding hydrogens is 192 g/mol. The van der Waals surface area contributed by atoms with E-state index < -0.39 is 8.80 Å². The maximum Gasteiger partial charge on any atom is 0.537 e. The van der Waals surface area contributed by atoms with Crippen LogP contribution in [0.5, 0.6) is 0 Å². The average Bonchev–Trinajstić information content (AvgIpc) is 2.62. The highest BCUT2D eigenvalue weighted by atomic mass is 32.1. The molecule has 0 saturated carbocycles. The molecule has 0 aliphatic rings. The first-order valence-electron chi connectivity index (χ1n) is 3.47. The Kier molecular flexibility index (Phi) is 3.42. The van der Waals surface area contributed by atoms with Crippen molar-refractivity contribution in [1.82, 2.24) is 0 Å².